The summed E-state index contributed by atoms with van der Waals surface area (Å²) in [4.78, 5) is 23.4. The first kappa shape index (κ1) is 19.3. The predicted octanol–water partition coefficient (Wildman–Crippen LogP) is 2.55. The minimum absolute atomic E-state index is 0.132. The maximum absolute atomic E-state index is 11.7. The summed E-state index contributed by atoms with van der Waals surface area (Å²) in [7, 11) is 0. The minimum atomic E-state index is -0.433. The van der Waals surface area contributed by atoms with Gasteiger partial charge in [-0.1, -0.05) is 36.8 Å². The monoisotopic (exact) mass is 356 g/mol. The van der Waals surface area contributed by atoms with Gasteiger partial charge in [0.05, 0.1) is 13.0 Å². The molecule has 0 aliphatic rings. The van der Waals surface area contributed by atoms with Gasteiger partial charge >= 0.3 is 0 Å². The van der Waals surface area contributed by atoms with Crippen molar-refractivity contribution in [3.05, 3.63) is 59.7 Å². The molecule has 2 amide bonds. The zero-order valence-corrected chi connectivity index (χ0v) is 15.1. The fourth-order valence-corrected chi connectivity index (χ4v) is 2.10. The van der Waals surface area contributed by atoms with Crippen LogP contribution in [0.5, 0.6) is 11.5 Å². The Morgan fingerprint density at radius 2 is 1.42 bits per heavy atom. The van der Waals surface area contributed by atoms with Gasteiger partial charge in [0.2, 0.25) is 5.91 Å². The number of nitrogens with one attached hydrogen (secondary N) is 2. The Bertz CT molecular complexity index is 712. The summed E-state index contributed by atoms with van der Waals surface area (Å²) in [6.45, 7) is 4.11. The first-order chi connectivity index (χ1) is 12.6. The van der Waals surface area contributed by atoms with Crippen LogP contribution in [-0.2, 0) is 16.0 Å². The Morgan fingerprint density at radius 1 is 0.846 bits per heavy atom. The molecule has 0 fully saturated rings. The fraction of sp³-hybridized carbons (Fsp3) is 0.300. The van der Waals surface area contributed by atoms with Crippen molar-refractivity contribution >= 4 is 11.8 Å². The largest absolute Gasteiger partial charge is 0.493 e. The van der Waals surface area contributed by atoms with E-state index >= 15 is 0 Å². The highest BCUT2D eigenvalue weighted by molar-refractivity contribution is 5.82. The Morgan fingerprint density at radius 3 is 2.08 bits per heavy atom. The number of ether oxygens (including phenoxy) is 2. The molecule has 0 unspecified atom stereocenters. The van der Waals surface area contributed by atoms with Gasteiger partial charge in [-0.25, -0.2) is 0 Å². The normalized spacial score (nSPS) is 10.1. The topological polar surface area (TPSA) is 76.7 Å². The lowest BCUT2D eigenvalue weighted by Gasteiger charge is -2.10. The van der Waals surface area contributed by atoms with Crippen LogP contribution in [0.1, 0.15) is 24.5 Å². The number of aryl methyl sites for hydroxylation is 2. The van der Waals surface area contributed by atoms with Crippen molar-refractivity contribution in [3.8, 4) is 11.5 Å². The molecule has 0 aliphatic carbocycles. The van der Waals surface area contributed by atoms with Gasteiger partial charge in [-0.15, -0.1) is 0 Å². The molecule has 0 bridgehead atoms. The van der Waals surface area contributed by atoms with E-state index in [-0.39, 0.29) is 25.5 Å². The molecule has 2 rings (SSSR count). The molecule has 0 saturated heterocycles. The molecule has 0 saturated carbocycles. The lowest BCUT2D eigenvalue weighted by atomic mass is 10.2. The number of rotatable bonds is 8. The van der Waals surface area contributed by atoms with Gasteiger partial charge in [0.15, 0.2) is 6.61 Å². The highest BCUT2D eigenvalue weighted by Gasteiger charge is 2.06. The van der Waals surface area contributed by atoms with Crippen molar-refractivity contribution in [2.75, 3.05) is 13.2 Å². The maximum Gasteiger partial charge on any atom is 0.276 e. The van der Waals surface area contributed by atoms with Crippen molar-refractivity contribution in [2.24, 2.45) is 0 Å². The first-order valence-corrected chi connectivity index (χ1v) is 8.55. The second kappa shape index (κ2) is 10.1. The average Bonchev–Trinajstić information content (AvgIpc) is 2.66. The number of hydrazine groups is 1. The Hall–Kier alpha value is -3.02. The molecule has 0 heterocycles. The summed E-state index contributed by atoms with van der Waals surface area (Å²) in [5, 5.41) is 0. The van der Waals surface area contributed by atoms with E-state index in [0.29, 0.717) is 11.5 Å². The van der Waals surface area contributed by atoms with Gasteiger partial charge in [-0.3, -0.25) is 20.4 Å². The van der Waals surface area contributed by atoms with E-state index in [4.69, 9.17) is 9.47 Å². The molecule has 26 heavy (non-hydrogen) atoms. The van der Waals surface area contributed by atoms with Crippen molar-refractivity contribution in [2.45, 2.75) is 26.7 Å². The van der Waals surface area contributed by atoms with E-state index in [1.165, 1.54) is 5.56 Å². The molecule has 2 aromatic carbocycles. The molecule has 138 valence electrons. The lowest BCUT2D eigenvalue weighted by molar-refractivity contribution is -0.130. The highest BCUT2D eigenvalue weighted by atomic mass is 16.5. The van der Waals surface area contributed by atoms with Crippen LogP contribution < -0.4 is 20.3 Å². The minimum Gasteiger partial charge on any atom is -0.493 e. The summed E-state index contributed by atoms with van der Waals surface area (Å²) in [6, 6.07) is 15.1. The van der Waals surface area contributed by atoms with Gasteiger partial charge in [0, 0.05) is 0 Å². The van der Waals surface area contributed by atoms with E-state index in [9.17, 15) is 9.59 Å². The summed E-state index contributed by atoms with van der Waals surface area (Å²) in [6.07, 6.45) is 1.08. The third-order valence-electron chi connectivity index (χ3n) is 3.66. The molecule has 2 aromatic rings. The van der Waals surface area contributed by atoms with Crippen molar-refractivity contribution < 1.29 is 19.1 Å². The Balaban J connectivity index is 1.60. The van der Waals surface area contributed by atoms with Crippen molar-refractivity contribution in [3.63, 3.8) is 0 Å². The first-order valence-electron chi connectivity index (χ1n) is 8.55. The third kappa shape index (κ3) is 6.84. The van der Waals surface area contributed by atoms with Gasteiger partial charge < -0.3 is 9.47 Å². The zero-order chi connectivity index (χ0) is 18.8. The second-order valence-electron chi connectivity index (χ2n) is 5.79. The van der Waals surface area contributed by atoms with E-state index in [2.05, 4.69) is 17.8 Å². The molecule has 0 spiro atoms. The SMILES string of the molecule is CCc1ccc(OCC(=O)NNC(=O)CCOc2ccc(C)cc2)cc1. The predicted molar refractivity (Wildman–Crippen MR) is 98.9 cm³/mol. The van der Waals surface area contributed by atoms with Gasteiger partial charge in [0.1, 0.15) is 11.5 Å². The van der Waals surface area contributed by atoms with Crippen LogP contribution in [0.15, 0.2) is 48.5 Å². The smallest absolute Gasteiger partial charge is 0.276 e. The van der Waals surface area contributed by atoms with E-state index in [1.807, 2.05) is 55.5 Å². The zero-order valence-electron chi connectivity index (χ0n) is 15.1. The summed E-state index contributed by atoms with van der Waals surface area (Å²) in [5.74, 6) is 0.542. The van der Waals surface area contributed by atoms with Gasteiger partial charge in [-0.2, -0.15) is 0 Å². The number of hydrogen-bond acceptors (Lipinski definition) is 4. The molecule has 6 heteroatoms. The molecule has 2 N–H and O–H groups in total. The quantitative estimate of drug-likeness (QED) is 0.713. The maximum atomic E-state index is 11.7. The number of carbonyl (C=O) groups is 2. The summed E-state index contributed by atoms with van der Waals surface area (Å²) < 4.78 is 10.8. The third-order valence-corrected chi connectivity index (χ3v) is 3.66. The van der Waals surface area contributed by atoms with Crippen LogP contribution in [0.25, 0.3) is 0 Å². The van der Waals surface area contributed by atoms with E-state index < -0.39 is 5.91 Å². The number of amides is 2. The molecule has 0 aromatic heterocycles. The standard InChI is InChI=1S/C20H24N2O4/c1-3-16-6-10-18(11-7-16)26-14-20(24)22-21-19(23)12-13-25-17-8-4-15(2)5-9-17/h4-11H,3,12-14H2,1-2H3,(H,21,23)(H,22,24). The van der Waals surface area contributed by atoms with Crippen LogP contribution in [-0.4, -0.2) is 25.0 Å². The Kier molecular flexibility index (Phi) is 7.49. The van der Waals surface area contributed by atoms with E-state index in [0.717, 1.165) is 12.0 Å². The number of carbonyl (C=O) groups excluding carboxylic acids is 2. The van der Waals surface area contributed by atoms with Crippen LogP contribution in [0.2, 0.25) is 0 Å². The lowest BCUT2D eigenvalue weighted by Crippen LogP contribution is -2.44. The van der Waals surface area contributed by atoms with Crippen molar-refractivity contribution in [1.82, 2.24) is 10.9 Å². The molecular weight excluding hydrogens is 332 g/mol. The number of hydrogen-bond donors (Lipinski definition) is 2. The van der Waals surface area contributed by atoms with Crippen LogP contribution in [0, 0.1) is 6.92 Å². The Labute approximate surface area is 153 Å². The summed E-state index contributed by atoms with van der Waals surface area (Å²) >= 11 is 0. The average molecular weight is 356 g/mol. The fourth-order valence-electron chi connectivity index (χ4n) is 2.10. The van der Waals surface area contributed by atoms with Crippen LogP contribution >= 0.6 is 0 Å². The van der Waals surface area contributed by atoms with Gasteiger partial charge in [0.25, 0.3) is 5.91 Å². The van der Waals surface area contributed by atoms with Gasteiger partial charge in [-0.05, 0) is 43.2 Å². The number of benzene rings is 2. The highest BCUT2D eigenvalue weighted by Crippen LogP contribution is 2.12. The molecule has 6 nitrogen and oxygen atoms in total. The molecular formula is C20H24N2O4. The van der Waals surface area contributed by atoms with E-state index in [1.54, 1.807) is 0 Å². The second-order valence-corrected chi connectivity index (χ2v) is 5.79. The van der Waals surface area contributed by atoms with Crippen LogP contribution in [0.3, 0.4) is 0 Å². The molecule has 0 atom stereocenters. The molecule has 0 aliphatic heterocycles. The van der Waals surface area contributed by atoms with Crippen LogP contribution in [0.4, 0.5) is 0 Å². The molecule has 0 radical (unpaired) electrons. The summed E-state index contributed by atoms with van der Waals surface area (Å²) in [5.41, 5.74) is 6.98. The van der Waals surface area contributed by atoms with Crippen molar-refractivity contribution in [1.29, 1.82) is 0 Å².